The van der Waals surface area contributed by atoms with Crippen molar-refractivity contribution in [2.75, 3.05) is 0 Å². The highest BCUT2D eigenvalue weighted by Gasteiger charge is 2.44. The summed E-state index contributed by atoms with van der Waals surface area (Å²) in [7, 11) is 0. The number of aromatic hydroxyl groups is 2. The van der Waals surface area contributed by atoms with Crippen LogP contribution in [0.4, 0.5) is 0 Å². The number of carboxylic acids is 1. The van der Waals surface area contributed by atoms with E-state index < -0.39 is 11.4 Å². The molecule has 0 aliphatic rings. The van der Waals surface area contributed by atoms with Crippen LogP contribution in [0.2, 0.25) is 0 Å². The van der Waals surface area contributed by atoms with Crippen LogP contribution in [0.3, 0.4) is 0 Å². The van der Waals surface area contributed by atoms with E-state index in [2.05, 4.69) is 0 Å². The van der Waals surface area contributed by atoms with Crippen molar-refractivity contribution in [3.63, 3.8) is 0 Å². The number of rotatable bonds is 3. The summed E-state index contributed by atoms with van der Waals surface area (Å²) in [6.45, 7) is 17.3. The van der Waals surface area contributed by atoms with Crippen LogP contribution >= 0.6 is 0 Å². The Morgan fingerprint density at radius 2 is 0.966 bits per heavy atom. The van der Waals surface area contributed by atoms with Crippen molar-refractivity contribution in [2.24, 2.45) is 0 Å². The van der Waals surface area contributed by atoms with Crippen molar-refractivity contribution in [1.82, 2.24) is 0 Å². The zero-order valence-corrected chi connectivity index (χ0v) is 19.1. The molecule has 4 heteroatoms. The molecule has 29 heavy (non-hydrogen) atoms. The van der Waals surface area contributed by atoms with Crippen molar-refractivity contribution in [2.45, 2.75) is 78.6 Å². The van der Waals surface area contributed by atoms with Crippen LogP contribution in [0.15, 0.2) is 24.3 Å². The second kappa shape index (κ2) is 7.08. The van der Waals surface area contributed by atoms with Crippen molar-refractivity contribution in [3.05, 3.63) is 57.6 Å². The molecule has 0 radical (unpaired) electrons. The minimum Gasteiger partial charge on any atom is -0.508 e. The molecule has 2 rings (SSSR count). The fraction of sp³-hybridized carbons (Fsp3) is 0.480. The first-order chi connectivity index (χ1) is 13.0. The molecule has 0 fully saturated rings. The Balaban J connectivity index is 3.06. The predicted octanol–water partition coefficient (Wildman–Crippen LogP) is 5.70. The molecule has 0 spiro atoms. The lowest BCUT2D eigenvalue weighted by molar-refractivity contribution is -0.141. The van der Waals surface area contributed by atoms with E-state index in [1.54, 1.807) is 45.0 Å². The first-order valence-corrected chi connectivity index (χ1v) is 9.93. The van der Waals surface area contributed by atoms with Gasteiger partial charge in [-0.2, -0.15) is 0 Å². The third-order valence-electron chi connectivity index (χ3n) is 5.79. The Hall–Kier alpha value is -2.49. The van der Waals surface area contributed by atoms with Gasteiger partial charge in [-0.05, 0) is 77.1 Å². The molecule has 3 N–H and O–H groups in total. The Labute approximate surface area is 174 Å². The van der Waals surface area contributed by atoms with E-state index in [4.69, 9.17) is 0 Å². The van der Waals surface area contributed by atoms with E-state index in [1.165, 1.54) is 0 Å². The Morgan fingerprint density at radius 3 is 1.21 bits per heavy atom. The summed E-state index contributed by atoms with van der Waals surface area (Å²) in [4.78, 5) is 12.8. The summed E-state index contributed by atoms with van der Waals surface area (Å²) < 4.78 is 0. The summed E-state index contributed by atoms with van der Waals surface area (Å²) in [5, 5.41) is 31.2. The zero-order valence-electron chi connectivity index (χ0n) is 19.1. The maximum atomic E-state index is 12.8. The van der Waals surface area contributed by atoms with Crippen LogP contribution in [-0.4, -0.2) is 21.3 Å². The Kier molecular flexibility index (Phi) is 5.57. The van der Waals surface area contributed by atoms with E-state index >= 15 is 0 Å². The molecular weight excluding hydrogens is 364 g/mol. The van der Waals surface area contributed by atoms with Gasteiger partial charge in [0.2, 0.25) is 0 Å². The highest BCUT2D eigenvalue weighted by atomic mass is 16.4. The average Bonchev–Trinajstić information content (AvgIpc) is 2.56. The number of aryl methyl sites for hydroxylation is 2. The van der Waals surface area contributed by atoms with E-state index in [0.717, 1.165) is 11.1 Å². The number of hydrogen-bond donors (Lipinski definition) is 3. The highest BCUT2D eigenvalue weighted by molar-refractivity contribution is 5.87. The van der Waals surface area contributed by atoms with Crippen molar-refractivity contribution in [3.8, 4) is 11.5 Å². The second-order valence-corrected chi connectivity index (χ2v) is 10.3. The van der Waals surface area contributed by atoms with Gasteiger partial charge in [-0.3, -0.25) is 4.79 Å². The molecular formula is C25H34O4. The highest BCUT2D eigenvalue weighted by Crippen LogP contribution is 2.45. The number of carbonyl (C=O) groups is 1. The monoisotopic (exact) mass is 398 g/mol. The fourth-order valence-electron chi connectivity index (χ4n) is 3.84. The number of benzene rings is 2. The van der Waals surface area contributed by atoms with Crippen LogP contribution in [0.25, 0.3) is 0 Å². The van der Waals surface area contributed by atoms with Crippen molar-refractivity contribution in [1.29, 1.82) is 0 Å². The second-order valence-electron chi connectivity index (χ2n) is 10.3. The molecule has 0 unspecified atom stereocenters. The smallest absolute Gasteiger partial charge is 0.318 e. The molecule has 158 valence electrons. The summed E-state index contributed by atoms with van der Waals surface area (Å²) in [6.07, 6.45) is 0. The lowest BCUT2D eigenvalue weighted by Gasteiger charge is -2.37. The quantitative estimate of drug-likeness (QED) is 0.620. The first-order valence-electron chi connectivity index (χ1n) is 9.93. The molecule has 0 heterocycles. The third kappa shape index (κ3) is 3.98. The molecule has 0 bridgehead atoms. The standard InChI is InChI=1S/C25H34O4/c1-14-10-18(16(12-20(14)26)23(3,4)5)25(9,22(28)29)19-11-15(2)21(27)13-17(19)24(6,7)8/h10-13,26-27H,1-9H3,(H,28,29). The zero-order chi connectivity index (χ0) is 22.5. The molecule has 4 nitrogen and oxygen atoms in total. The number of phenolic OH excluding ortho intramolecular Hbond substituents is 2. The maximum absolute atomic E-state index is 12.8. The molecule has 0 saturated carbocycles. The van der Waals surface area contributed by atoms with Gasteiger partial charge in [-0.1, -0.05) is 53.7 Å². The number of hydrogen-bond acceptors (Lipinski definition) is 3. The normalized spacial score (nSPS) is 12.9. The van der Waals surface area contributed by atoms with Gasteiger partial charge in [0.15, 0.2) is 0 Å². The molecule has 0 amide bonds. The predicted molar refractivity (Wildman–Crippen MR) is 117 cm³/mol. The minimum atomic E-state index is -1.36. The van der Waals surface area contributed by atoms with Gasteiger partial charge in [0, 0.05) is 0 Å². The van der Waals surface area contributed by atoms with Crippen LogP contribution in [-0.2, 0) is 21.0 Å². The largest absolute Gasteiger partial charge is 0.508 e. The lowest BCUT2D eigenvalue weighted by Crippen LogP contribution is -2.38. The van der Waals surface area contributed by atoms with Gasteiger partial charge < -0.3 is 15.3 Å². The summed E-state index contributed by atoms with van der Waals surface area (Å²) in [5.41, 5.74) is 2.05. The third-order valence-corrected chi connectivity index (χ3v) is 5.79. The summed E-state index contributed by atoms with van der Waals surface area (Å²) in [5.74, 6) is -0.655. The van der Waals surface area contributed by atoms with E-state index in [1.807, 2.05) is 41.5 Å². The molecule has 2 aromatic carbocycles. The summed E-state index contributed by atoms with van der Waals surface area (Å²) >= 11 is 0. The molecule has 0 atom stereocenters. The summed E-state index contributed by atoms with van der Waals surface area (Å²) in [6, 6.07) is 6.96. The molecule has 0 saturated heterocycles. The van der Waals surface area contributed by atoms with Gasteiger partial charge >= 0.3 is 5.97 Å². The van der Waals surface area contributed by atoms with Gasteiger partial charge in [0.05, 0.1) is 0 Å². The van der Waals surface area contributed by atoms with Crippen LogP contribution in [0.5, 0.6) is 11.5 Å². The van der Waals surface area contributed by atoms with Crippen molar-refractivity contribution >= 4 is 5.97 Å². The minimum absolute atomic E-state index is 0.157. The van der Waals surface area contributed by atoms with Crippen LogP contribution in [0, 0.1) is 13.8 Å². The lowest BCUT2D eigenvalue weighted by atomic mass is 9.66. The SMILES string of the molecule is Cc1cc(C(C)(C(=O)O)c2cc(C)c(O)cc2C(C)(C)C)c(C(C)(C)C)cc1O. The number of phenols is 2. The Bertz CT molecular complexity index is 887. The van der Waals surface area contributed by atoms with E-state index in [0.29, 0.717) is 22.3 Å². The van der Waals surface area contributed by atoms with Gasteiger partial charge in [-0.25, -0.2) is 0 Å². The molecule has 0 aromatic heterocycles. The van der Waals surface area contributed by atoms with Crippen LogP contribution < -0.4 is 0 Å². The first kappa shape index (κ1) is 22.8. The average molecular weight is 399 g/mol. The molecule has 0 aliphatic carbocycles. The Morgan fingerprint density at radius 1 is 0.655 bits per heavy atom. The number of aliphatic carboxylic acids is 1. The van der Waals surface area contributed by atoms with Gasteiger partial charge in [0.1, 0.15) is 16.9 Å². The van der Waals surface area contributed by atoms with Gasteiger partial charge in [0.25, 0.3) is 0 Å². The van der Waals surface area contributed by atoms with Gasteiger partial charge in [-0.15, -0.1) is 0 Å². The number of carboxylic acid groups (broad SMARTS) is 1. The van der Waals surface area contributed by atoms with Crippen LogP contribution in [0.1, 0.15) is 81.8 Å². The topological polar surface area (TPSA) is 77.8 Å². The molecule has 0 aliphatic heterocycles. The van der Waals surface area contributed by atoms with E-state index in [9.17, 15) is 20.1 Å². The van der Waals surface area contributed by atoms with Crippen molar-refractivity contribution < 1.29 is 20.1 Å². The molecule has 2 aromatic rings. The maximum Gasteiger partial charge on any atom is 0.318 e. The van der Waals surface area contributed by atoms with E-state index in [-0.39, 0.29) is 22.3 Å². The fourth-order valence-corrected chi connectivity index (χ4v) is 3.84.